The number of fused-ring (bicyclic) bond motifs is 11. The van der Waals surface area contributed by atoms with E-state index in [-0.39, 0.29) is 0 Å². The Bertz CT molecular complexity index is 2740. The first-order valence-electron chi connectivity index (χ1n) is 15.8. The Morgan fingerprint density at radius 1 is 0.574 bits per heavy atom. The fraction of sp³-hybridized carbons (Fsp3) is 0.0500. The molecule has 0 spiro atoms. The Hall–Kier alpha value is -5.92. The molecule has 0 unspecified atom stereocenters. The van der Waals surface area contributed by atoms with E-state index in [0.29, 0.717) is 0 Å². The van der Waals surface area contributed by atoms with E-state index in [2.05, 4.69) is 113 Å². The van der Waals surface area contributed by atoms with E-state index < -0.39 is 8.07 Å². The van der Waals surface area contributed by atoms with Crippen LogP contribution in [0.5, 0.6) is 23.0 Å². The quantitative estimate of drug-likeness (QED) is 0.146. The van der Waals surface area contributed by atoms with Gasteiger partial charge in [-0.15, -0.1) is 0 Å². The van der Waals surface area contributed by atoms with Crippen LogP contribution in [0, 0.1) is 0 Å². The molecule has 1 aliphatic heterocycles. The molecule has 6 nitrogen and oxygen atoms in total. The topological polar surface area (TPSA) is 53.6 Å². The van der Waals surface area contributed by atoms with Gasteiger partial charge in [0, 0.05) is 52.3 Å². The van der Waals surface area contributed by atoms with Crippen LogP contribution in [0.4, 0.5) is 0 Å². The number of para-hydroxylation sites is 2. The summed E-state index contributed by atoms with van der Waals surface area (Å²) in [6.07, 6.45) is 5.72. The number of ether oxygens (including phenoxy) is 2. The molecule has 0 atom stereocenters. The van der Waals surface area contributed by atoms with Crippen molar-refractivity contribution in [2.75, 3.05) is 0 Å². The first-order valence-corrected chi connectivity index (χ1v) is 18.8. The van der Waals surface area contributed by atoms with Crippen molar-refractivity contribution >= 4 is 67.7 Å². The number of pyridine rings is 2. The lowest BCUT2D eigenvalue weighted by atomic mass is 10.1. The standard InChI is InChI=1S/C40H28N4O2Si/c1-47(2)37-15-6-5-14-35(37)46-36-24-34-31(23-38(36)47)30-12-8-18-41-40(30)44(34)25-9-7-10-26(21-25)45-27-16-17-28-29-11-3-4-13-33(29)43-20-19-42-39(43)32(28)22-27/h3-24H,1-2H3. The molecular formula is C40H28N4O2Si. The minimum Gasteiger partial charge on any atom is -0.458 e. The van der Waals surface area contributed by atoms with Crippen molar-refractivity contribution in [1.82, 2.24) is 18.9 Å². The van der Waals surface area contributed by atoms with Crippen molar-refractivity contribution in [1.29, 1.82) is 0 Å². The van der Waals surface area contributed by atoms with E-state index in [9.17, 15) is 0 Å². The molecule has 0 bridgehead atoms. The molecule has 5 aromatic carbocycles. The maximum atomic E-state index is 6.57. The van der Waals surface area contributed by atoms with Crippen molar-refractivity contribution < 1.29 is 9.47 Å². The number of hydrogen-bond donors (Lipinski definition) is 0. The Morgan fingerprint density at radius 2 is 1.40 bits per heavy atom. The smallest absolute Gasteiger partial charge is 0.145 e. The molecule has 0 N–H and O–H groups in total. The molecule has 0 saturated carbocycles. The van der Waals surface area contributed by atoms with E-state index in [1.165, 1.54) is 21.1 Å². The third-order valence-electron chi connectivity index (χ3n) is 9.72. The number of imidazole rings is 1. The molecule has 0 aliphatic carbocycles. The van der Waals surface area contributed by atoms with Crippen LogP contribution in [0.15, 0.2) is 134 Å². The van der Waals surface area contributed by atoms with Crippen LogP contribution in [0.3, 0.4) is 0 Å². The summed E-state index contributed by atoms with van der Waals surface area (Å²) in [6, 6.07) is 40.1. The van der Waals surface area contributed by atoms with E-state index in [0.717, 1.165) is 67.2 Å². The highest BCUT2D eigenvalue weighted by Gasteiger charge is 2.37. The van der Waals surface area contributed by atoms with Crippen molar-refractivity contribution in [2.24, 2.45) is 0 Å². The van der Waals surface area contributed by atoms with Crippen LogP contribution < -0.4 is 19.8 Å². The number of nitrogens with zero attached hydrogens (tertiary/aromatic N) is 4. The second-order valence-electron chi connectivity index (χ2n) is 12.7. The monoisotopic (exact) mass is 624 g/mol. The minimum atomic E-state index is -1.99. The molecule has 9 aromatic rings. The van der Waals surface area contributed by atoms with E-state index >= 15 is 0 Å². The number of rotatable bonds is 3. The molecule has 224 valence electrons. The van der Waals surface area contributed by atoms with Gasteiger partial charge in [-0.25, -0.2) is 9.97 Å². The predicted molar refractivity (Wildman–Crippen MR) is 192 cm³/mol. The van der Waals surface area contributed by atoms with Crippen LogP contribution in [0.2, 0.25) is 13.1 Å². The molecule has 7 heteroatoms. The maximum Gasteiger partial charge on any atom is 0.145 e. The molecule has 47 heavy (non-hydrogen) atoms. The fourth-order valence-electron chi connectivity index (χ4n) is 7.48. The normalized spacial score (nSPS) is 13.7. The summed E-state index contributed by atoms with van der Waals surface area (Å²) in [4.78, 5) is 9.57. The van der Waals surface area contributed by atoms with Gasteiger partial charge in [0.25, 0.3) is 0 Å². The summed E-state index contributed by atoms with van der Waals surface area (Å²) in [5.41, 5.74) is 4.97. The summed E-state index contributed by atoms with van der Waals surface area (Å²) in [7, 11) is -1.99. The fourth-order valence-corrected chi connectivity index (χ4v) is 10.3. The molecule has 5 heterocycles. The van der Waals surface area contributed by atoms with Crippen LogP contribution in [0.1, 0.15) is 0 Å². The van der Waals surface area contributed by atoms with Crippen molar-refractivity contribution in [2.45, 2.75) is 13.1 Å². The van der Waals surface area contributed by atoms with Gasteiger partial charge in [0.15, 0.2) is 0 Å². The summed E-state index contributed by atoms with van der Waals surface area (Å²) < 4.78 is 17.5. The Morgan fingerprint density at radius 3 is 2.36 bits per heavy atom. The van der Waals surface area contributed by atoms with Crippen LogP contribution >= 0.6 is 0 Å². The highest BCUT2D eigenvalue weighted by Crippen LogP contribution is 2.38. The summed E-state index contributed by atoms with van der Waals surface area (Å²) in [6.45, 7) is 4.81. The molecule has 0 saturated heterocycles. The predicted octanol–water partition coefficient (Wildman–Crippen LogP) is 8.85. The maximum absolute atomic E-state index is 6.57. The lowest BCUT2D eigenvalue weighted by molar-refractivity contribution is 0.483. The van der Waals surface area contributed by atoms with E-state index in [1.54, 1.807) is 0 Å². The van der Waals surface area contributed by atoms with E-state index in [1.807, 2.05) is 42.9 Å². The van der Waals surface area contributed by atoms with Gasteiger partial charge in [-0.2, -0.15) is 0 Å². The van der Waals surface area contributed by atoms with Gasteiger partial charge in [-0.3, -0.25) is 8.97 Å². The number of aromatic nitrogens is 4. The van der Waals surface area contributed by atoms with Gasteiger partial charge in [-0.1, -0.05) is 55.6 Å². The molecule has 10 rings (SSSR count). The first-order chi connectivity index (χ1) is 23.0. The average Bonchev–Trinajstić information content (AvgIpc) is 3.72. The van der Waals surface area contributed by atoms with Crippen LogP contribution in [0.25, 0.3) is 54.9 Å². The first kappa shape index (κ1) is 26.3. The minimum absolute atomic E-state index is 0.740. The Balaban J connectivity index is 1.11. The van der Waals surface area contributed by atoms with E-state index in [4.69, 9.17) is 19.4 Å². The number of hydrogen-bond acceptors (Lipinski definition) is 4. The third-order valence-corrected chi connectivity index (χ3v) is 13.2. The second-order valence-corrected chi connectivity index (χ2v) is 17.1. The van der Waals surface area contributed by atoms with Gasteiger partial charge < -0.3 is 9.47 Å². The van der Waals surface area contributed by atoms with Crippen molar-refractivity contribution in [3.63, 3.8) is 0 Å². The zero-order valence-corrected chi connectivity index (χ0v) is 26.8. The summed E-state index contributed by atoms with van der Waals surface area (Å²) in [5.74, 6) is 3.38. The lowest BCUT2D eigenvalue weighted by Gasteiger charge is -2.33. The lowest BCUT2D eigenvalue weighted by Crippen LogP contribution is -2.55. The molecule has 0 fully saturated rings. The second kappa shape index (κ2) is 9.54. The average molecular weight is 625 g/mol. The SMILES string of the molecule is C[Si]1(C)c2ccccc2Oc2cc3c(cc21)c1cccnc1n3-c1cccc(Oc2ccc3c4ccccc4n4ccnc4c3c2)c1. The summed E-state index contributed by atoms with van der Waals surface area (Å²) in [5, 5.41) is 8.30. The van der Waals surface area contributed by atoms with Gasteiger partial charge >= 0.3 is 0 Å². The Kier molecular flexibility index (Phi) is 5.34. The highest BCUT2D eigenvalue weighted by molar-refractivity contribution is 7.01. The van der Waals surface area contributed by atoms with Gasteiger partial charge in [0.1, 0.15) is 42.4 Å². The largest absolute Gasteiger partial charge is 0.458 e. The molecule has 0 amide bonds. The highest BCUT2D eigenvalue weighted by atomic mass is 28.3. The van der Waals surface area contributed by atoms with Gasteiger partial charge in [0.2, 0.25) is 0 Å². The molecule has 1 aliphatic rings. The number of benzene rings is 5. The molecule has 4 aromatic heterocycles. The third kappa shape index (κ3) is 3.77. The van der Waals surface area contributed by atoms with Crippen molar-refractivity contribution in [3.05, 3.63) is 134 Å². The zero-order chi connectivity index (χ0) is 31.3. The Labute approximate surface area is 271 Å². The molecule has 0 radical (unpaired) electrons. The van der Waals surface area contributed by atoms with Crippen LogP contribution in [-0.2, 0) is 0 Å². The van der Waals surface area contributed by atoms with Gasteiger partial charge in [0.05, 0.1) is 16.7 Å². The zero-order valence-electron chi connectivity index (χ0n) is 25.8. The summed E-state index contributed by atoms with van der Waals surface area (Å²) >= 11 is 0. The molecular weight excluding hydrogens is 597 g/mol. The van der Waals surface area contributed by atoms with Gasteiger partial charge in [-0.05, 0) is 76.4 Å². The van der Waals surface area contributed by atoms with Crippen LogP contribution in [-0.4, -0.2) is 27.0 Å². The van der Waals surface area contributed by atoms with Crippen molar-refractivity contribution in [3.8, 4) is 28.7 Å².